The van der Waals surface area contributed by atoms with Gasteiger partial charge in [0.1, 0.15) is 11.4 Å². The molecule has 0 aliphatic heterocycles. The Hall–Kier alpha value is -2.41. The monoisotopic (exact) mass is 510 g/mol. The van der Waals surface area contributed by atoms with Crippen LogP contribution < -0.4 is 4.74 Å². The number of amides is 1. The minimum atomic E-state index is -2.16. The summed E-state index contributed by atoms with van der Waals surface area (Å²) in [6, 6.07) is 16.4. The van der Waals surface area contributed by atoms with Crippen LogP contribution in [0.4, 0.5) is 4.79 Å². The van der Waals surface area contributed by atoms with Crippen molar-refractivity contribution in [2.75, 3.05) is 7.11 Å². The number of fused-ring (bicyclic) bond motifs is 1. The van der Waals surface area contributed by atoms with Crippen LogP contribution in [0.2, 0.25) is 0 Å². The third-order valence-electron chi connectivity index (χ3n) is 4.78. The van der Waals surface area contributed by atoms with Crippen molar-refractivity contribution in [2.45, 2.75) is 43.3 Å². The maximum Gasteiger partial charge on any atom is 0.419 e. The number of hydrogen-bond donors (Lipinski definition) is 0. The molecule has 0 bridgehead atoms. The van der Waals surface area contributed by atoms with E-state index >= 15 is 0 Å². The summed E-state index contributed by atoms with van der Waals surface area (Å²) >= 11 is 17.8. The first-order valence-electron chi connectivity index (χ1n) is 10.2. The second kappa shape index (κ2) is 9.84. The SMILES string of the molecule is COc1ccc(CN(Cc2cc3ccccc3n2C(=O)OC(C)(C)C)C(=O)C(Cl)(Cl)Cl)cc1. The molecule has 0 unspecified atom stereocenters. The lowest BCUT2D eigenvalue weighted by Gasteiger charge is -2.27. The van der Waals surface area contributed by atoms with E-state index in [0.29, 0.717) is 17.0 Å². The van der Waals surface area contributed by atoms with Gasteiger partial charge in [-0.25, -0.2) is 9.36 Å². The molecule has 2 aromatic carbocycles. The molecule has 0 fully saturated rings. The number of carbonyl (C=O) groups is 2. The summed E-state index contributed by atoms with van der Waals surface area (Å²) in [6.07, 6.45) is -0.551. The molecule has 0 spiro atoms. The number of nitrogens with zero attached hydrogens (tertiary/aromatic N) is 2. The van der Waals surface area contributed by atoms with Gasteiger partial charge in [0.2, 0.25) is 0 Å². The van der Waals surface area contributed by atoms with Crippen molar-refractivity contribution >= 4 is 57.7 Å². The van der Waals surface area contributed by atoms with Crippen molar-refractivity contribution in [3.63, 3.8) is 0 Å². The van der Waals surface area contributed by atoms with E-state index in [0.717, 1.165) is 10.9 Å². The fraction of sp³-hybridized carbons (Fsp3) is 0.333. The number of benzene rings is 2. The van der Waals surface area contributed by atoms with Crippen molar-refractivity contribution < 1.29 is 19.1 Å². The largest absolute Gasteiger partial charge is 0.497 e. The summed E-state index contributed by atoms with van der Waals surface area (Å²) in [5.74, 6) is -0.0210. The Morgan fingerprint density at radius 2 is 1.61 bits per heavy atom. The Kier molecular flexibility index (Phi) is 7.52. The maximum atomic E-state index is 13.1. The highest BCUT2D eigenvalue weighted by atomic mass is 35.6. The Bertz CT molecular complexity index is 1150. The molecule has 0 radical (unpaired) electrons. The normalized spacial score (nSPS) is 12.0. The summed E-state index contributed by atoms with van der Waals surface area (Å²) in [7, 11) is 1.57. The predicted octanol–water partition coefficient (Wildman–Crippen LogP) is 6.33. The molecule has 1 heterocycles. The Labute approximate surface area is 207 Å². The van der Waals surface area contributed by atoms with Crippen molar-refractivity contribution in [1.29, 1.82) is 0 Å². The predicted molar refractivity (Wildman–Crippen MR) is 131 cm³/mol. The third-order valence-corrected chi connectivity index (χ3v) is 5.26. The van der Waals surface area contributed by atoms with E-state index in [2.05, 4.69) is 0 Å². The average Bonchev–Trinajstić information content (AvgIpc) is 3.09. The number of carbonyl (C=O) groups excluding carboxylic acids is 2. The lowest BCUT2D eigenvalue weighted by Crippen LogP contribution is -2.39. The molecule has 0 aliphatic carbocycles. The fourth-order valence-corrected chi connectivity index (χ4v) is 3.74. The molecule has 1 aromatic heterocycles. The van der Waals surface area contributed by atoms with Gasteiger partial charge >= 0.3 is 6.09 Å². The Morgan fingerprint density at radius 1 is 0.970 bits per heavy atom. The second-order valence-electron chi connectivity index (χ2n) is 8.52. The molecule has 3 aromatic rings. The van der Waals surface area contributed by atoms with E-state index in [-0.39, 0.29) is 13.1 Å². The zero-order valence-corrected chi connectivity index (χ0v) is 21.0. The van der Waals surface area contributed by atoms with Crippen LogP contribution in [0.5, 0.6) is 5.75 Å². The van der Waals surface area contributed by atoms with E-state index in [1.54, 1.807) is 40.0 Å². The van der Waals surface area contributed by atoms with Crippen molar-refractivity contribution in [3.05, 3.63) is 65.9 Å². The van der Waals surface area contributed by atoms with E-state index in [1.165, 1.54) is 9.47 Å². The highest BCUT2D eigenvalue weighted by molar-refractivity contribution is 6.76. The van der Waals surface area contributed by atoms with Crippen LogP contribution in [0.3, 0.4) is 0 Å². The lowest BCUT2D eigenvalue weighted by atomic mass is 10.2. The van der Waals surface area contributed by atoms with Gasteiger partial charge in [-0.05, 0) is 50.6 Å². The summed E-state index contributed by atoms with van der Waals surface area (Å²) in [5, 5.41) is 0.823. The smallest absolute Gasteiger partial charge is 0.419 e. The number of aromatic nitrogens is 1. The van der Waals surface area contributed by atoms with Gasteiger partial charge in [-0.1, -0.05) is 65.1 Å². The van der Waals surface area contributed by atoms with E-state index in [9.17, 15) is 9.59 Å². The molecule has 0 atom stereocenters. The number of hydrogen-bond acceptors (Lipinski definition) is 4. The van der Waals surface area contributed by atoms with Crippen molar-refractivity contribution in [1.82, 2.24) is 9.47 Å². The third kappa shape index (κ3) is 6.34. The zero-order valence-electron chi connectivity index (χ0n) is 18.8. The highest BCUT2D eigenvalue weighted by Gasteiger charge is 2.36. The first-order valence-corrected chi connectivity index (χ1v) is 11.3. The Morgan fingerprint density at radius 3 is 2.18 bits per heavy atom. The quantitative estimate of drug-likeness (QED) is 0.375. The number of halogens is 3. The standard InChI is InChI=1S/C24H25Cl3N2O4/c1-23(2,3)33-22(31)29-18(13-17-7-5-6-8-20(17)29)15-28(21(30)24(25,26)27)14-16-9-11-19(32-4)12-10-16/h5-13H,14-15H2,1-4H3. The van der Waals surface area contributed by atoms with Crippen molar-refractivity contribution in [3.8, 4) is 5.75 Å². The molecule has 176 valence electrons. The molecule has 3 rings (SSSR count). The molecular formula is C24H25Cl3N2O4. The summed E-state index contributed by atoms with van der Waals surface area (Å²) in [5.41, 5.74) is 1.29. The summed E-state index contributed by atoms with van der Waals surface area (Å²) in [6.45, 7) is 5.55. The van der Waals surface area contributed by atoms with Gasteiger partial charge in [-0.3, -0.25) is 4.79 Å². The van der Waals surface area contributed by atoms with Crippen LogP contribution in [0.25, 0.3) is 10.9 Å². The number of alkyl halides is 3. The molecule has 6 nitrogen and oxygen atoms in total. The molecule has 9 heteroatoms. The van der Waals surface area contributed by atoms with E-state index in [1.807, 2.05) is 42.5 Å². The summed E-state index contributed by atoms with van der Waals surface area (Å²) in [4.78, 5) is 27.5. The molecule has 33 heavy (non-hydrogen) atoms. The molecular weight excluding hydrogens is 487 g/mol. The van der Waals surface area contributed by atoms with Gasteiger partial charge in [0.05, 0.1) is 19.2 Å². The van der Waals surface area contributed by atoms with Gasteiger partial charge in [0.25, 0.3) is 9.70 Å². The molecule has 0 saturated carbocycles. The van der Waals surface area contributed by atoms with Gasteiger partial charge in [0.15, 0.2) is 0 Å². The lowest BCUT2D eigenvalue weighted by molar-refractivity contribution is -0.131. The van der Waals surface area contributed by atoms with Crippen LogP contribution in [-0.4, -0.2) is 38.0 Å². The summed E-state index contributed by atoms with van der Waals surface area (Å²) < 4.78 is 10.1. The molecule has 0 saturated heterocycles. The van der Waals surface area contributed by atoms with Crippen LogP contribution in [0.1, 0.15) is 32.0 Å². The topological polar surface area (TPSA) is 60.8 Å². The molecule has 0 aliphatic rings. The molecule has 0 N–H and O–H groups in total. The van der Waals surface area contributed by atoms with Crippen molar-refractivity contribution in [2.24, 2.45) is 0 Å². The highest BCUT2D eigenvalue weighted by Crippen LogP contribution is 2.31. The first kappa shape index (κ1) is 25.2. The number of rotatable bonds is 5. The zero-order chi connectivity index (χ0) is 24.4. The number of para-hydroxylation sites is 1. The second-order valence-corrected chi connectivity index (χ2v) is 10.8. The van der Waals surface area contributed by atoms with Gasteiger partial charge < -0.3 is 14.4 Å². The first-order chi connectivity index (χ1) is 15.4. The molecule has 1 amide bonds. The van der Waals surface area contributed by atoms with Gasteiger partial charge in [0, 0.05) is 17.6 Å². The maximum absolute atomic E-state index is 13.1. The number of methoxy groups -OCH3 is 1. The van der Waals surface area contributed by atoms with Crippen LogP contribution in [0, 0.1) is 0 Å². The number of ether oxygens (including phenoxy) is 2. The van der Waals surface area contributed by atoms with Gasteiger partial charge in [-0.15, -0.1) is 0 Å². The van der Waals surface area contributed by atoms with Crippen LogP contribution in [-0.2, 0) is 22.6 Å². The van der Waals surface area contributed by atoms with Gasteiger partial charge in [-0.2, -0.15) is 0 Å². The Balaban J connectivity index is 2.02. The van der Waals surface area contributed by atoms with Crippen LogP contribution >= 0.6 is 34.8 Å². The van der Waals surface area contributed by atoms with E-state index < -0.39 is 21.4 Å². The fourth-order valence-electron chi connectivity index (χ4n) is 3.38. The minimum Gasteiger partial charge on any atom is -0.497 e. The van der Waals surface area contributed by atoms with Crippen LogP contribution in [0.15, 0.2) is 54.6 Å². The average molecular weight is 512 g/mol. The minimum absolute atomic E-state index is 0.0205. The van der Waals surface area contributed by atoms with E-state index in [4.69, 9.17) is 44.3 Å².